The van der Waals surface area contributed by atoms with E-state index in [1.54, 1.807) is 0 Å². The first-order valence-electron chi connectivity index (χ1n) is 6.20. The molecule has 0 amide bonds. The van der Waals surface area contributed by atoms with Gasteiger partial charge in [-0.2, -0.15) is 5.06 Å². The van der Waals surface area contributed by atoms with Crippen molar-refractivity contribution in [3.8, 4) is 0 Å². The van der Waals surface area contributed by atoms with E-state index in [1.807, 2.05) is 39.7 Å². The summed E-state index contributed by atoms with van der Waals surface area (Å²) in [6.07, 6.45) is 1.02. The Labute approximate surface area is 109 Å². The Hall–Kier alpha value is -0.940. The van der Waals surface area contributed by atoms with Crippen molar-refractivity contribution in [3.05, 3.63) is 0 Å². The molecular weight excluding hydrogens is 232 g/mol. The second-order valence-electron chi connectivity index (χ2n) is 6.09. The molecule has 18 heavy (non-hydrogen) atoms. The summed E-state index contributed by atoms with van der Waals surface area (Å²) in [4.78, 5) is 22.3. The van der Waals surface area contributed by atoms with Crippen LogP contribution in [0.2, 0.25) is 0 Å². The second-order valence-corrected chi connectivity index (χ2v) is 6.09. The van der Waals surface area contributed by atoms with Crippen molar-refractivity contribution in [3.63, 3.8) is 0 Å². The van der Waals surface area contributed by atoms with Gasteiger partial charge in [0.2, 0.25) is 0 Å². The lowest BCUT2D eigenvalue weighted by molar-refractivity contribution is -0.265. The van der Waals surface area contributed by atoms with E-state index in [9.17, 15) is 4.79 Å². The average Bonchev–Trinajstić information content (AvgIpc) is 2.12. The smallest absolute Gasteiger partial charge is 0.136 e. The molecule has 0 N–H and O–H groups in total. The first-order chi connectivity index (χ1) is 8.19. The van der Waals surface area contributed by atoms with Crippen molar-refractivity contribution in [1.82, 2.24) is 5.06 Å². The Morgan fingerprint density at radius 1 is 1.28 bits per heavy atom. The van der Waals surface area contributed by atoms with Gasteiger partial charge in [-0.15, -0.1) is 0 Å². The van der Waals surface area contributed by atoms with Gasteiger partial charge in [0.1, 0.15) is 19.5 Å². The zero-order chi connectivity index (χ0) is 14.0. The van der Waals surface area contributed by atoms with Crippen LogP contribution in [0.25, 0.3) is 0 Å². The largest absolute Gasteiger partial charge is 0.399 e. The molecule has 0 aromatic carbocycles. The lowest BCUT2D eigenvalue weighted by Gasteiger charge is -2.50. The van der Waals surface area contributed by atoms with E-state index in [0.29, 0.717) is 19.4 Å². The predicted molar refractivity (Wildman–Crippen MR) is 70.3 cm³/mol. The molecule has 0 spiro atoms. The molecule has 0 bridgehead atoms. The molecule has 1 saturated heterocycles. The molecule has 0 aromatic rings. The fraction of sp³-hybridized carbons (Fsp3) is 0.846. The number of hydrogen-bond donors (Lipinski definition) is 0. The number of carbonyl (C=O) groups is 1. The Morgan fingerprint density at radius 3 is 2.22 bits per heavy atom. The Balaban J connectivity index is 2.77. The van der Waals surface area contributed by atoms with Gasteiger partial charge < -0.3 is 4.84 Å². The van der Waals surface area contributed by atoms with Crippen LogP contribution in [0.4, 0.5) is 0 Å². The number of piperidine rings is 1. The van der Waals surface area contributed by atoms with Crippen molar-refractivity contribution in [2.24, 2.45) is 5.16 Å². The zero-order valence-electron chi connectivity index (χ0n) is 12.2. The maximum Gasteiger partial charge on any atom is 0.136 e. The molecule has 104 valence electrons. The molecule has 1 aliphatic heterocycles. The molecule has 5 heteroatoms. The molecule has 0 saturated carbocycles. The fourth-order valence-corrected chi connectivity index (χ4v) is 2.68. The third-order valence-corrected chi connectivity index (χ3v) is 3.01. The van der Waals surface area contributed by atoms with E-state index in [2.05, 4.69) is 5.16 Å². The van der Waals surface area contributed by atoms with Gasteiger partial charge in [0.25, 0.3) is 0 Å². The van der Waals surface area contributed by atoms with Crippen LogP contribution in [0.15, 0.2) is 5.16 Å². The molecule has 0 radical (unpaired) electrons. The number of Topliss-reactive ketones (excluding diaryl/α,β-unsaturated/α-hetero) is 1. The van der Waals surface area contributed by atoms with E-state index >= 15 is 0 Å². The zero-order valence-corrected chi connectivity index (χ0v) is 12.2. The van der Waals surface area contributed by atoms with Crippen LogP contribution >= 0.6 is 0 Å². The van der Waals surface area contributed by atoms with Crippen LogP contribution in [0.5, 0.6) is 0 Å². The summed E-state index contributed by atoms with van der Waals surface area (Å²) < 4.78 is 0. The number of carbonyl (C=O) groups excluding carboxylic acids is 1. The van der Waals surface area contributed by atoms with Crippen molar-refractivity contribution >= 4 is 11.5 Å². The average molecular weight is 256 g/mol. The number of rotatable bonds is 4. The normalized spacial score (nSPS) is 24.1. The standard InChI is InChI=1S/C13H24N2O3/c1-10(14-17-6)9-18-15-12(2,3)7-11(16)8-13(15,4)5/h7-9H2,1-6H3. The van der Waals surface area contributed by atoms with E-state index < -0.39 is 0 Å². The molecule has 0 aliphatic carbocycles. The van der Waals surface area contributed by atoms with Crippen molar-refractivity contribution in [1.29, 1.82) is 0 Å². The Morgan fingerprint density at radius 2 is 1.78 bits per heavy atom. The summed E-state index contributed by atoms with van der Waals surface area (Å²) in [5, 5.41) is 5.74. The summed E-state index contributed by atoms with van der Waals surface area (Å²) in [5.41, 5.74) is 0.166. The van der Waals surface area contributed by atoms with Gasteiger partial charge in [-0.3, -0.25) is 9.63 Å². The van der Waals surface area contributed by atoms with Gasteiger partial charge in [-0.25, -0.2) is 0 Å². The lowest BCUT2D eigenvalue weighted by Crippen LogP contribution is -2.60. The van der Waals surface area contributed by atoms with Crippen LogP contribution < -0.4 is 0 Å². The number of hydrogen-bond acceptors (Lipinski definition) is 5. The molecule has 1 fully saturated rings. The van der Waals surface area contributed by atoms with E-state index in [1.165, 1.54) is 7.11 Å². The van der Waals surface area contributed by atoms with Crippen LogP contribution in [0, 0.1) is 0 Å². The van der Waals surface area contributed by atoms with E-state index in [-0.39, 0.29) is 16.9 Å². The first-order valence-corrected chi connectivity index (χ1v) is 6.20. The summed E-state index contributed by atoms with van der Waals surface area (Å²) in [6, 6.07) is 0. The van der Waals surface area contributed by atoms with Crippen LogP contribution in [0.3, 0.4) is 0 Å². The highest BCUT2D eigenvalue weighted by atomic mass is 16.7. The highest BCUT2D eigenvalue weighted by molar-refractivity contribution is 5.83. The number of nitrogens with zero attached hydrogens (tertiary/aromatic N) is 2. The van der Waals surface area contributed by atoms with Crippen molar-refractivity contribution in [2.75, 3.05) is 13.7 Å². The van der Waals surface area contributed by atoms with Crippen molar-refractivity contribution < 1.29 is 14.5 Å². The number of ketones is 1. The topological polar surface area (TPSA) is 51.1 Å². The highest BCUT2D eigenvalue weighted by Crippen LogP contribution is 2.36. The maximum atomic E-state index is 11.8. The minimum Gasteiger partial charge on any atom is -0.399 e. The molecule has 1 aliphatic rings. The number of oxime groups is 1. The fourth-order valence-electron chi connectivity index (χ4n) is 2.68. The van der Waals surface area contributed by atoms with Crippen LogP contribution in [0.1, 0.15) is 47.5 Å². The van der Waals surface area contributed by atoms with E-state index in [0.717, 1.165) is 5.71 Å². The van der Waals surface area contributed by atoms with Crippen LogP contribution in [-0.2, 0) is 14.5 Å². The molecule has 1 heterocycles. The molecular formula is C13H24N2O3. The van der Waals surface area contributed by atoms with Gasteiger partial charge >= 0.3 is 0 Å². The molecule has 0 atom stereocenters. The predicted octanol–water partition coefficient (Wildman–Crippen LogP) is 2.16. The summed E-state index contributed by atoms with van der Waals surface area (Å²) in [6.45, 7) is 10.3. The SMILES string of the molecule is CON=C(C)CON1C(C)(C)CC(=O)CC1(C)C. The molecule has 1 rings (SSSR count). The third kappa shape index (κ3) is 3.53. The van der Waals surface area contributed by atoms with E-state index in [4.69, 9.17) is 9.68 Å². The summed E-state index contributed by atoms with van der Waals surface area (Å²) >= 11 is 0. The Kier molecular flexibility index (Phi) is 4.50. The van der Waals surface area contributed by atoms with Crippen LogP contribution in [-0.4, -0.2) is 41.4 Å². The second kappa shape index (κ2) is 5.36. The number of hydroxylamine groups is 2. The molecule has 5 nitrogen and oxygen atoms in total. The maximum absolute atomic E-state index is 11.8. The van der Waals surface area contributed by atoms with Gasteiger partial charge in [0, 0.05) is 23.9 Å². The molecule has 0 aromatic heterocycles. The lowest BCUT2D eigenvalue weighted by atomic mass is 9.81. The minimum atomic E-state index is -0.299. The first kappa shape index (κ1) is 15.1. The Bertz CT molecular complexity index is 328. The monoisotopic (exact) mass is 256 g/mol. The van der Waals surface area contributed by atoms with Gasteiger partial charge in [0.05, 0.1) is 5.71 Å². The summed E-state index contributed by atoms with van der Waals surface area (Å²) in [5.74, 6) is 0.284. The van der Waals surface area contributed by atoms with Gasteiger partial charge in [-0.05, 0) is 34.6 Å². The minimum absolute atomic E-state index is 0.284. The highest BCUT2D eigenvalue weighted by Gasteiger charge is 2.46. The van der Waals surface area contributed by atoms with Gasteiger partial charge in [0.15, 0.2) is 0 Å². The van der Waals surface area contributed by atoms with Gasteiger partial charge in [-0.1, -0.05) is 5.16 Å². The molecule has 0 unspecified atom stereocenters. The quantitative estimate of drug-likeness (QED) is 0.571. The summed E-state index contributed by atoms with van der Waals surface area (Å²) in [7, 11) is 1.51. The van der Waals surface area contributed by atoms with Crippen molar-refractivity contribution in [2.45, 2.75) is 58.5 Å². The third-order valence-electron chi connectivity index (χ3n) is 3.01.